The van der Waals surface area contributed by atoms with Crippen LogP contribution in [0.25, 0.3) is 0 Å². The summed E-state index contributed by atoms with van der Waals surface area (Å²) < 4.78 is 22.3. The molecule has 1 heterocycles. The summed E-state index contributed by atoms with van der Waals surface area (Å²) in [7, 11) is 0. The van der Waals surface area contributed by atoms with Gasteiger partial charge in [-0.25, -0.2) is 0 Å². The molecule has 1 saturated heterocycles. The third-order valence-corrected chi connectivity index (χ3v) is 4.25. The summed E-state index contributed by atoms with van der Waals surface area (Å²) in [5.74, 6) is 1.39. The highest BCUT2D eigenvalue weighted by Crippen LogP contribution is 2.28. The van der Waals surface area contributed by atoms with Crippen molar-refractivity contribution in [1.29, 1.82) is 0 Å². The zero-order valence-corrected chi connectivity index (χ0v) is 16.1. The van der Waals surface area contributed by atoms with Crippen LogP contribution in [-0.4, -0.2) is 51.1 Å². The van der Waals surface area contributed by atoms with Crippen LogP contribution < -0.4 is 14.8 Å². The average molecular weight is 365 g/mol. The first-order valence-electron chi connectivity index (χ1n) is 9.53. The maximum absolute atomic E-state index is 12.1. The monoisotopic (exact) mass is 365 g/mol. The van der Waals surface area contributed by atoms with Crippen molar-refractivity contribution in [2.24, 2.45) is 0 Å². The van der Waals surface area contributed by atoms with E-state index in [1.54, 1.807) is 6.92 Å². The van der Waals surface area contributed by atoms with Crippen molar-refractivity contribution in [1.82, 2.24) is 5.32 Å². The van der Waals surface area contributed by atoms with E-state index in [4.69, 9.17) is 18.9 Å². The van der Waals surface area contributed by atoms with E-state index in [1.807, 2.05) is 32.0 Å². The molecule has 2 atom stereocenters. The van der Waals surface area contributed by atoms with Gasteiger partial charge in [0, 0.05) is 13.2 Å². The van der Waals surface area contributed by atoms with Gasteiger partial charge in [0.15, 0.2) is 11.5 Å². The third kappa shape index (κ3) is 6.50. The maximum atomic E-state index is 12.1. The lowest BCUT2D eigenvalue weighted by Gasteiger charge is -2.16. The van der Waals surface area contributed by atoms with Crippen molar-refractivity contribution in [3.05, 3.63) is 23.8 Å². The van der Waals surface area contributed by atoms with Crippen LogP contribution >= 0.6 is 0 Å². The largest absolute Gasteiger partial charge is 0.490 e. The Morgan fingerprint density at radius 3 is 2.73 bits per heavy atom. The molecule has 1 aliphatic rings. The fourth-order valence-corrected chi connectivity index (χ4v) is 2.83. The van der Waals surface area contributed by atoms with Gasteiger partial charge in [-0.3, -0.25) is 4.79 Å². The molecule has 2 rings (SSSR count). The summed E-state index contributed by atoms with van der Waals surface area (Å²) in [5.41, 5.74) is 1.09. The minimum Gasteiger partial charge on any atom is -0.490 e. The van der Waals surface area contributed by atoms with Crippen molar-refractivity contribution in [3.63, 3.8) is 0 Å². The zero-order chi connectivity index (χ0) is 18.8. The van der Waals surface area contributed by atoms with Crippen molar-refractivity contribution in [2.75, 3.05) is 33.0 Å². The highest BCUT2D eigenvalue weighted by molar-refractivity contribution is 5.80. The van der Waals surface area contributed by atoms with Crippen LogP contribution in [0.2, 0.25) is 0 Å². The van der Waals surface area contributed by atoms with Crippen LogP contribution in [0.4, 0.5) is 0 Å². The number of ether oxygens (including phenoxy) is 4. The van der Waals surface area contributed by atoms with Crippen molar-refractivity contribution in [2.45, 2.75) is 52.2 Å². The van der Waals surface area contributed by atoms with E-state index in [2.05, 4.69) is 5.32 Å². The molecule has 0 bridgehead atoms. The predicted molar refractivity (Wildman–Crippen MR) is 99.9 cm³/mol. The van der Waals surface area contributed by atoms with Crippen molar-refractivity contribution < 1.29 is 23.7 Å². The molecule has 0 aromatic heterocycles. The minimum atomic E-state index is -0.474. The first-order chi connectivity index (χ1) is 12.6. The van der Waals surface area contributed by atoms with E-state index in [1.165, 1.54) is 0 Å². The lowest BCUT2D eigenvalue weighted by molar-refractivity contribution is -0.133. The zero-order valence-electron chi connectivity index (χ0n) is 16.1. The molecule has 2 unspecified atom stereocenters. The molecule has 1 N–H and O–H groups in total. The van der Waals surface area contributed by atoms with Crippen LogP contribution in [-0.2, 0) is 20.7 Å². The number of carbonyl (C=O) groups is 1. The lowest BCUT2D eigenvalue weighted by Crippen LogP contribution is -2.37. The lowest BCUT2D eigenvalue weighted by atomic mass is 10.1. The molecule has 6 nitrogen and oxygen atoms in total. The van der Waals surface area contributed by atoms with Crippen LogP contribution in [0.1, 0.15) is 39.2 Å². The van der Waals surface area contributed by atoms with E-state index in [0.29, 0.717) is 26.4 Å². The van der Waals surface area contributed by atoms with E-state index < -0.39 is 6.10 Å². The van der Waals surface area contributed by atoms with Crippen LogP contribution in [0.3, 0.4) is 0 Å². The third-order valence-electron chi connectivity index (χ3n) is 4.25. The van der Waals surface area contributed by atoms with Gasteiger partial charge in [-0.2, -0.15) is 0 Å². The average Bonchev–Trinajstić information content (AvgIpc) is 3.15. The second-order valence-corrected chi connectivity index (χ2v) is 6.30. The van der Waals surface area contributed by atoms with E-state index >= 15 is 0 Å². The van der Waals surface area contributed by atoms with E-state index in [0.717, 1.165) is 42.9 Å². The summed E-state index contributed by atoms with van der Waals surface area (Å²) >= 11 is 0. The Bertz CT molecular complexity index is 557. The molecule has 146 valence electrons. The SMILES string of the molecule is CCOc1ccc(CCNC(=O)C(C)OCC2CCCO2)cc1OCC. The van der Waals surface area contributed by atoms with E-state index in [-0.39, 0.29) is 12.0 Å². The summed E-state index contributed by atoms with van der Waals surface area (Å²) in [5, 5.41) is 2.92. The smallest absolute Gasteiger partial charge is 0.248 e. The summed E-state index contributed by atoms with van der Waals surface area (Å²) in [4.78, 5) is 12.1. The molecule has 1 aliphatic heterocycles. The maximum Gasteiger partial charge on any atom is 0.248 e. The summed E-state index contributed by atoms with van der Waals surface area (Å²) in [6.45, 7) is 8.66. The number of carbonyl (C=O) groups excluding carboxylic acids is 1. The second kappa shape index (κ2) is 11.0. The molecule has 1 aromatic rings. The number of hydrogen-bond acceptors (Lipinski definition) is 5. The molecule has 0 spiro atoms. The van der Waals surface area contributed by atoms with Crippen LogP contribution in [0.15, 0.2) is 18.2 Å². The predicted octanol–water partition coefficient (Wildman–Crippen LogP) is 2.73. The van der Waals surface area contributed by atoms with Crippen LogP contribution in [0.5, 0.6) is 11.5 Å². The summed E-state index contributed by atoms with van der Waals surface area (Å²) in [6, 6.07) is 5.88. The van der Waals surface area contributed by atoms with Gasteiger partial charge in [0.1, 0.15) is 6.10 Å². The number of nitrogens with one attached hydrogen (secondary N) is 1. The number of benzene rings is 1. The number of amides is 1. The topological polar surface area (TPSA) is 66.0 Å². The van der Waals surface area contributed by atoms with Gasteiger partial charge in [-0.1, -0.05) is 6.07 Å². The van der Waals surface area contributed by atoms with Crippen molar-refractivity contribution >= 4 is 5.91 Å². The first kappa shape index (κ1) is 20.5. The standard InChI is InChI=1S/C20H31NO5/c1-4-23-18-9-8-16(13-19(18)24-5-2)10-11-21-20(22)15(3)26-14-17-7-6-12-25-17/h8-9,13,15,17H,4-7,10-12,14H2,1-3H3,(H,21,22). The molecule has 0 radical (unpaired) electrons. The van der Waals surface area contributed by atoms with Gasteiger partial charge in [0.2, 0.25) is 5.91 Å². The Balaban J connectivity index is 1.75. The molecule has 0 aliphatic carbocycles. The first-order valence-corrected chi connectivity index (χ1v) is 9.53. The Morgan fingerprint density at radius 1 is 1.27 bits per heavy atom. The normalized spacial score (nSPS) is 17.7. The molecule has 1 aromatic carbocycles. The Labute approximate surface area is 156 Å². The van der Waals surface area contributed by atoms with Crippen LogP contribution in [0, 0.1) is 0 Å². The molecular formula is C20H31NO5. The molecule has 26 heavy (non-hydrogen) atoms. The molecular weight excluding hydrogens is 334 g/mol. The van der Waals surface area contributed by atoms with Crippen molar-refractivity contribution in [3.8, 4) is 11.5 Å². The van der Waals surface area contributed by atoms with Gasteiger partial charge < -0.3 is 24.3 Å². The van der Waals surface area contributed by atoms with Gasteiger partial charge in [0.05, 0.1) is 25.9 Å². The highest BCUT2D eigenvalue weighted by Gasteiger charge is 2.19. The quantitative estimate of drug-likeness (QED) is 0.653. The minimum absolute atomic E-state index is 0.0982. The van der Waals surface area contributed by atoms with Gasteiger partial charge >= 0.3 is 0 Å². The molecule has 1 fully saturated rings. The fraction of sp³-hybridized carbons (Fsp3) is 0.650. The van der Waals surface area contributed by atoms with E-state index in [9.17, 15) is 4.79 Å². The van der Waals surface area contributed by atoms with Gasteiger partial charge in [-0.05, 0) is 57.7 Å². The number of hydrogen-bond donors (Lipinski definition) is 1. The Morgan fingerprint density at radius 2 is 2.04 bits per heavy atom. The Kier molecular flexibility index (Phi) is 8.71. The Hall–Kier alpha value is -1.79. The fourth-order valence-electron chi connectivity index (χ4n) is 2.83. The van der Waals surface area contributed by atoms with Gasteiger partial charge in [0.25, 0.3) is 0 Å². The second-order valence-electron chi connectivity index (χ2n) is 6.30. The summed E-state index contributed by atoms with van der Waals surface area (Å²) in [6.07, 6.45) is 2.45. The molecule has 0 saturated carbocycles. The van der Waals surface area contributed by atoms with Gasteiger partial charge in [-0.15, -0.1) is 0 Å². The number of rotatable bonds is 11. The molecule has 1 amide bonds. The molecule has 6 heteroatoms. The highest BCUT2D eigenvalue weighted by atomic mass is 16.5.